The zero-order chi connectivity index (χ0) is 20.7. The number of Topliss-reactive ketones (excluding diaryl/α,β-unsaturated/α-hetero) is 1. The third kappa shape index (κ3) is 3.47. The van der Waals surface area contributed by atoms with Crippen LogP contribution in [-0.4, -0.2) is 28.3 Å². The van der Waals surface area contributed by atoms with Gasteiger partial charge < -0.3 is 10.0 Å². The van der Waals surface area contributed by atoms with Gasteiger partial charge in [-0.05, 0) is 50.1 Å². The Hall–Kier alpha value is -3.25. The van der Waals surface area contributed by atoms with E-state index in [0.29, 0.717) is 21.8 Å². The number of aryl methyl sites for hydroxylation is 2. The van der Waals surface area contributed by atoms with E-state index in [9.17, 15) is 9.90 Å². The molecule has 0 unspecified atom stereocenters. The predicted molar refractivity (Wildman–Crippen MR) is 118 cm³/mol. The molecular formula is C23H21N3O2S. The van der Waals surface area contributed by atoms with Gasteiger partial charge in [0.05, 0.1) is 17.8 Å². The van der Waals surface area contributed by atoms with Crippen molar-refractivity contribution >= 4 is 34.2 Å². The van der Waals surface area contributed by atoms with Gasteiger partial charge in [0.2, 0.25) is 0 Å². The molecule has 4 rings (SSSR count). The number of aliphatic hydroxyl groups excluding tert-OH is 1. The maximum atomic E-state index is 11.7. The second-order valence-electron chi connectivity index (χ2n) is 7.20. The van der Waals surface area contributed by atoms with Crippen molar-refractivity contribution in [2.75, 3.05) is 11.4 Å². The van der Waals surface area contributed by atoms with Gasteiger partial charge in [-0.2, -0.15) is 0 Å². The summed E-state index contributed by atoms with van der Waals surface area (Å²) in [7, 11) is 0. The third-order valence-corrected chi connectivity index (χ3v) is 6.05. The van der Waals surface area contributed by atoms with Crippen molar-refractivity contribution in [2.45, 2.75) is 20.8 Å². The minimum absolute atomic E-state index is 0.0343. The number of nitrogens with one attached hydrogen (secondary N) is 1. The summed E-state index contributed by atoms with van der Waals surface area (Å²) in [4.78, 5) is 18.1. The SMILES string of the molecule is CC(=O)c1cccc(N2CC(O)=C(c3nc(-c4ccc(C)c(C)c4)cs3)C2=N)c1. The highest BCUT2D eigenvalue weighted by Gasteiger charge is 2.31. The van der Waals surface area contributed by atoms with Crippen LogP contribution in [0.4, 0.5) is 5.69 Å². The maximum Gasteiger partial charge on any atom is 0.159 e. The van der Waals surface area contributed by atoms with E-state index in [1.54, 1.807) is 23.1 Å². The monoisotopic (exact) mass is 403 g/mol. The standard InChI is InChI=1S/C23H21N3O2S/c1-13-7-8-17(9-14(13)2)19-12-29-23(25-19)21-20(28)11-26(22(21)24)18-6-4-5-16(10-18)15(3)27/h4-10,12,24,28H,11H2,1-3H3. The Kier molecular flexibility index (Phi) is 4.80. The molecule has 0 atom stereocenters. The van der Waals surface area contributed by atoms with Crippen LogP contribution in [0.25, 0.3) is 16.8 Å². The normalized spacial score (nSPS) is 14.0. The molecule has 1 aliphatic rings. The number of carbonyl (C=O) groups excluding carboxylic acids is 1. The van der Waals surface area contributed by atoms with Crippen LogP contribution in [0.15, 0.2) is 53.6 Å². The fraction of sp³-hybridized carbons (Fsp3) is 0.174. The molecule has 0 amide bonds. The molecule has 0 spiro atoms. The van der Waals surface area contributed by atoms with Crippen LogP contribution < -0.4 is 4.90 Å². The Morgan fingerprint density at radius 1 is 1.17 bits per heavy atom. The highest BCUT2D eigenvalue weighted by molar-refractivity contribution is 7.11. The first-order valence-corrected chi connectivity index (χ1v) is 10.2. The zero-order valence-electron chi connectivity index (χ0n) is 16.5. The molecule has 0 saturated carbocycles. The van der Waals surface area contributed by atoms with Crippen LogP contribution in [0, 0.1) is 19.3 Å². The van der Waals surface area contributed by atoms with Crippen LogP contribution in [0.1, 0.15) is 33.4 Å². The second-order valence-corrected chi connectivity index (χ2v) is 8.06. The lowest BCUT2D eigenvalue weighted by Crippen LogP contribution is -2.26. The van der Waals surface area contributed by atoms with Gasteiger partial charge in [-0.3, -0.25) is 10.2 Å². The summed E-state index contributed by atoms with van der Waals surface area (Å²) >= 11 is 1.41. The average molecular weight is 404 g/mol. The number of ketones is 1. The molecule has 0 fully saturated rings. The van der Waals surface area contributed by atoms with Gasteiger partial charge in [-0.15, -0.1) is 11.3 Å². The van der Waals surface area contributed by atoms with Crippen LogP contribution in [-0.2, 0) is 0 Å². The van der Waals surface area contributed by atoms with Crippen LogP contribution in [0.5, 0.6) is 0 Å². The average Bonchev–Trinajstić information content (AvgIpc) is 3.28. The molecule has 1 aromatic heterocycles. The van der Waals surface area contributed by atoms with E-state index in [-0.39, 0.29) is 23.9 Å². The fourth-order valence-corrected chi connectivity index (χ4v) is 4.23. The molecule has 29 heavy (non-hydrogen) atoms. The number of hydrogen-bond donors (Lipinski definition) is 2. The van der Waals surface area contributed by atoms with Gasteiger partial charge in [-0.1, -0.05) is 24.3 Å². The third-order valence-electron chi connectivity index (χ3n) is 5.19. The number of thiazole rings is 1. The molecule has 3 aromatic rings. The van der Waals surface area contributed by atoms with Crippen molar-refractivity contribution in [1.29, 1.82) is 5.41 Å². The second kappa shape index (κ2) is 7.29. The van der Waals surface area contributed by atoms with E-state index in [1.807, 2.05) is 17.5 Å². The first-order chi connectivity index (χ1) is 13.8. The van der Waals surface area contributed by atoms with Crippen molar-refractivity contribution in [3.63, 3.8) is 0 Å². The number of carbonyl (C=O) groups is 1. The minimum Gasteiger partial charge on any atom is -0.510 e. The van der Waals surface area contributed by atoms with E-state index in [4.69, 9.17) is 5.41 Å². The van der Waals surface area contributed by atoms with Crippen molar-refractivity contribution < 1.29 is 9.90 Å². The number of aromatic nitrogens is 1. The highest BCUT2D eigenvalue weighted by atomic mass is 32.1. The van der Waals surface area contributed by atoms with Crippen LogP contribution in [0.2, 0.25) is 0 Å². The van der Waals surface area contributed by atoms with E-state index < -0.39 is 0 Å². The van der Waals surface area contributed by atoms with Crippen molar-refractivity contribution in [3.05, 3.63) is 75.3 Å². The van der Waals surface area contributed by atoms with Crippen molar-refractivity contribution in [3.8, 4) is 11.3 Å². The summed E-state index contributed by atoms with van der Waals surface area (Å²) in [5, 5.41) is 21.8. The highest BCUT2D eigenvalue weighted by Crippen LogP contribution is 2.35. The fourth-order valence-electron chi connectivity index (χ4n) is 3.34. The lowest BCUT2D eigenvalue weighted by atomic mass is 10.1. The maximum absolute atomic E-state index is 11.7. The lowest BCUT2D eigenvalue weighted by molar-refractivity contribution is 0.101. The van der Waals surface area contributed by atoms with Gasteiger partial charge in [0.15, 0.2) is 5.78 Å². The Bertz CT molecular complexity index is 1180. The summed E-state index contributed by atoms with van der Waals surface area (Å²) in [5.41, 5.74) is 6.00. The van der Waals surface area contributed by atoms with E-state index >= 15 is 0 Å². The Morgan fingerprint density at radius 2 is 1.97 bits per heavy atom. The summed E-state index contributed by atoms with van der Waals surface area (Å²) in [5.74, 6) is 0.265. The molecular weight excluding hydrogens is 382 g/mol. The summed E-state index contributed by atoms with van der Waals surface area (Å²) in [6, 6.07) is 13.3. The quantitative estimate of drug-likeness (QED) is 0.572. The molecule has 2 N–H and O–H groups in total. The summed E-state index contributed by atoms with van der Waals surface area (Å²) < 4.78 is 0. The molecule has 0 radical (unpaired) electrons. The van der Waals surface area contributed by atoms with E-state index in [1.165, 1.54) is 29.4 Å². The van der Waals surface area contributed by atoms with Crippen LogP contribution >= 0.6 is 11.3 Å². The first kappa shape index (κ1) is 19.1. The molecule has 0 saturated heterocycles. The number of benzene rings is 2. The number of anilines is 1. The molecule has 2 aromatic carbocycles. The largest absolute Gasteiger partial charge is 0.510 e. The van der Waals surface area contributed by atoms with Crippen molar-refractivity contribution in [2.24, 2.45) is 0 Å². The smallest absolute Gasteiger partial charge is 0.159 e. The van der Waals surface area contributed by atoms with Gasteiger partial charge in [-0.25, -0.2) is 4.98 Å². The predicted octanol–water partition coefficient (Wildman–Crippen LogP) is 5.40. The van der Waals surface area contributed by atoms with Crippen molar-refractivity contribution in [1.82, 2.24) is 4.98 Å². The number of rotatable bonds is 4. The topological polar surface area (TPSA) is 77.3 Å². The number of hydrogen-bond acceptors (Lipinski definition) is 5. The van der Waals surface area contributed by atoms with E-state index in [0.717, 1.165) is 11.3 Å². The summed E-state index contributed by atoms with van der Waals surface area (Å²) in [6.45, 7) is 5.84. The summed E-state index contributed by atoms with van der Waals surface area (Å²) in [6.07, 6.45) is 0. The Morgan fingerprint density at radius 3 is 2.69 bits per heavy atom. The van der Waals surface area contributed by atoms with Crippen LogP contribution in [0.3, 0.4) is 0 Å². The molecule has 0 aliphatic carbocycles. The minimum atomic E-state index is -0.0343. The molecule has 5 nitrogen and oxygen atoms in total. The zero-order valence-corrected chi connectivity index (χ0v) is 17.3. The Labute approximate surface area is 173 Å². The van der Waals surface area contributed by atoms with Gasteiger partial charge in [0.25, 0.3) is 0 Å². The molecule has 6 heteroatoms. The van der Waals surface area contributed by atoms with Gasteiger partial charge >= 0.3 is 0 Å². The molecule has 1 aliphatic heterocycles. The van der Waals surface area contributed by atoms with Gasteiger partial charge in [0, 0.05) is 22.2 Å². The Balaban J connectivity index is 1.64. The molecule has 146 valence electrons. The number of aliphatic hydroxyl groups is 1. The molecule has 2 heterocycles. The van der Waals surface area contributed by atoms with E-state index in [2.05, 4.69) is 31.0 Å². The number of nitrogens with zero attached hydrogens (tertiary/aromatic N) is 2. The first-order valence-electron chi connectivity index (χ1n) is 9.28. The molecule has 0 bridgehead atoms. The van der Waals surface area contributed by atoms with Gasteiger partial charge in [0.1, 0.15) is 16.6 Å². The number of amidine groups is 1. The lowest BCUT2D eigenvalue weighted by Gasteiger charge is -2.19.